The van der Waals surface area contributed by atoms with Crippen molar-refractivity contribution in [1.29, 1.82) is 0 Å². The molecule has 4 heterocycles. The molecule has 3 aromatic heterocycles. The number of rotatable bonds is 7. The fraction of sp³-hybridized carbons (Fsp3) is 0.400. The van der Waals surface area contributed by atoms with E-state index in [2.05, 4.69) is 4.98 Å². The summed E-state index contributed by atoms with van der Waals surface area (Å²) in [5.74, 6) is -1.69. The minimum absolute atomic E-state index is 0.0122. The molecule has 2 aliphatic rings. The second-order valence-electron chi connectivity index (χ2n) is 9.14. The summed E-state index contributed by atoms with van der Waals surface area (Å²) >= 11 is 0. The van der Waals surface area contributed by atoms with Gasteiger partial charge in [0.05, 0.1) is 35.8 Å². The average Bonchev–Trinajstić information content (AvgIpc) is 3.59. The second-order valence-corrected chi connectivity index (χ2v) is 9.14. The van der Waals surface area contributed by atoms with Gasteiger partial charge in [0, 0.05) is 25.2 Å². The van der Waals surface area contributed by atoms with Crippen molar-refractivity contribution in [3.05, 3.63) is 75.2 Å². The molecule has 178 valence electrons. The second kappa shape index (κ2) is 8.81. The number of hydrogen-bond acceptors (Lipinski definition) is 6. The smallest absolute Gasteiger partial charge is 0.341 e. The Hall–Kier alpha value is -3.30. The number of anilines is 1. The van der Waals surface area contributed by atoms with E-state index in [0.29, 0.717) is 43.0 Å². The molecule has 1 aliphatic carbocycles. The third-order valence-corrected chi connectivity index (χ3v) is 6.86. The lowest BCUT2D eigenvalue weighted by Gasteiger charge is -2.24. The van der Waals surface area contributed by atoms with Crippen LogP contribution in [0.15, 0.2) is 41.5 Å². The lowest BCUT2D eigenvalue weighted by Crippen LogP contribution is -2.28. The lowest BCUT2D eigenvalue weighted by atomic mass is 10.0. The van der Waals surface area contributed by atoms with Crippen LogP contribution in [-0.4, -0.2) is 46.2 Å². The number of carboxylic acids is 1. The summed E-state index contributed by atoms with van der Waals surface area (Å²) in [7, 11) is 0. The number of ether oxygens (including phenoxy) is 1. The molecule has 1 aliphatic heterocycles. The number of aryl methyl sites for hydroxylation is 1. The summed E-state index contributed by atoms with van der Waals surface area (Å²) in [5.41, 5.74) is 8.18. The van der Waals surface area contributed by atoms with Crippen molar-refractivity contribution in [2.75, 3.05) is 24.5 Å². The number of aromatic carboxylic acids is 1. The fourth-order valence-corrected chi connectivity index (χ4v) is 5.00. The van der Waals surface area contributed by atoms with Crippen molar-refractivity contribution >= 4 is 17.2 Å². The van der Waals surface area contributed by atoms with E-state index in [1.165, 1.54) is 6.07 Å². The number of carboxylic acid groups (broad SMARTS) is 1. The molecule has 9 heteroatoms. The van der Waals surface area contributed by atoms with Crippen molar-refractivity contribution in [1.82, 2.24) is 9.38 Å². The van der Waals surface area contributed by atoms with Crippen LogP contribution in [0.5, 0.6) is 0 Å². The van der Waals surface area contributed by atoms with Gasteiger partial charge in [-0.05, 0) is 61.6 Å². The molecule has 2 fully saturated rings. The Bertz CT molecular complexity index is 1310. The maximum Gasteiger partial charge on any atom is 0.341 e. The molecule has 1 saturated heterocycles. The van der Waals surface area contributed by atoms with Crippen molar-refractivity contribution in [2.24, 2.45) is 11.7 Å². The lowest BCUT2D eigenvalue weighted by molar-refractivity contribution is 0.0269. The van der Waals surface area contributed by atoms with Crippen LogP contribution in [-0.2, 0) is 11.3 Å². The van der Waals surface area contributed by atoms with Gasteiger partial charge in [0.15, 0.2) is 5.82 Å². The zero-order valence-electron chi connectivity index (χ0n) is 18.9. The van der Waals surface area contributed by atoms with Gasteiger partial charge in [-0.2, -0.15) is 0 Å². The molecule has 1 saturated carbocycles. The number of fused-ring (bicyclic) bond motifs is 1. The number of nitrogens with zero attached hydrogens (tertiary/aromatic N) is 3. The summed E-state index contributed by atoms with van der Waals surface area (Å²) < 4.78 is 22.8. The molecule has 0 radical (unpaired) electrons. The Kier molecular flexibility index (Phi) is 5.83. The van der Waals surface area contributed by atoms with Crippen molar-refractivity contribution in [3.63, 3.8) is 0 Å². The van der Waals surface area contributed by atoms with Crippen LogP contribution in [0, 0.1) is 18.7 Å². The van der Waals surface area contributed by atoms with Crippen LogP contribution in [0.3, 0.4) is 0 Å². The minimum Gasteiger partial charge on any atom is -0.477 e. The molecule has 5 rings (SSSR count). The van der Waals surface area contributed by atoms with Crippen molar-refractivity contribution in [3.8, 4) is 0 Å². The molecule has 3 N–H and O–H groups in total. The van der Waals surface area contributed by atoms with Gasteiger partial charge >= 0.3 is 5.97 Å². The number of nitrogens with two attached hydrogens (primary N) is 1. The first kappa shape index (κ1) is 22.5. The third-order valence-electron chi connectivity index (χ3n) is 6.86. The number of pyridine rings is 3. The van der Waals surface area contributed by atoms with E-state index < -0.39 is 17.3 Å². The third kappa shape index (κ3) is 3.95. The molecular weight excluding hydrogens is 439 g/mol. The Labute approximate surface area is 195 Å². The standard InChI is InChI=1S/C25H27FN4O4/c1-14-22-18(15-5-6-15)8-19(25(32)33)24(31)30(22)11-20(26)23(14)29-10-16(9-27)21(12-29)34-13-17-4-2-3-7-28-17/h2-4,7-8,11,15-16,21H,5-6,9-10,12-13,27H2,1H3,(H,32,33). The first-order valence-electron chi connectivity index (χ1n) is 11.5. The van der Waals surface area contributed by atoms with E-state index in [4.69, 9.17) is 10.5 Å². The average molecular weight is 467 g/mol. The maximum absolute atomic E-state index is 15.5. The van der Waals surface area contributed by atoms with Gasteiger partial charge in [0.1, 0.15) is 5.56 Å². The first-order chi connectivity index (χ1) is 16.4. The van der Waals surface area contributed by atoms with E-state index in [9.17, 15) is 14.7 Å². The summed E-state index contributed by atoms with van der Waals surface area (Å²) in [6, 6.07) is 7.10. The maximum atomic E-state index is 15.5. The molecule has 2 atom stereocenters. The number of carbonyl (C=O) groups is 1. The summed E-state index contributed by atoms with van der Waals surface area (Å²) in [6.07, 6.45) is 4.48. The molecule has 0 amide bonds. The topological polar surface area (TPSA) is 110 Å². The van der Waals surface area contributed by atoms with E-state index in [1.807, 2.05) is 23.1 Å². The SMILES string of the molecule is Cc1c(N2CC(CN)C(OCc3ccccn3)C2)c(F)cn2c(=O)c(C(=O)O)cc(C3CC3)c12. The summed E-state index contributed by atoms with van der Waals surface area (Å²) in [5, 5.41) is 9.49. The molecule has 8 nitrogen and oxygen atoms in total. The Morgan fingerprint density at radius 2 is 2.12 bits per heavy atom. The number of aromatic nitrogens is 2. The highest BCUT2D eigenvalue weighted by atomic mass is 19.1. The highest BCUT2D eigenvalue weighted by Gasteiger charge is 2.36. The van der Waals surface area contributed by atoms with Gasteiger partial charge in [-0.25, -0.2) is 9.18 Å². The number of hydrogen-bond donors (Lipinski definition) is 2. The molecular formula is C25H27FN4O4. The van der Waals surface area contributed by atoms with Gasteiger partial charge in [-0.1, -0.05) is 6.07 Å². The molecule has 34 heavy (non-hydrogen) atoms. The zero-order chi connectivity index (χ0) is 24.0. The Balaban J connectivity index is 1.52. The predicted molar refractivity (Wildman–Crippen MR) is 125 cm³/mol. The van der Waals surface area contributed by atoms with Crippen LogP contribution in [0.1, 0.15) is 45.9 Å². The van der Waals surface area contributed by atoms with Crippen LogP contribution in [0.2, 0.25) is 0 Å². The fourth-order valence-electron chi connectivity index (χ4n) is 5.00. The number of halogens is 1. The Morgan fingerprint density at radius 3 is 2.76 bits per heavy atom. The predicted octanol–water partition coefficient (Wildman–Crippen LogP) is 2.70. The van der Waals surface area contributed by atoms with E-state index in [-0.39, 0.29) is 23.5 Å². The van der Waals surface area contributed by atoms with Crippen LogP contribution in [0.25, 0.3) is 5.52 Å². The molecule has 0 aromatic carbocycles. The van der Waals surface area contributed by atoms with E-state index in [1.54, 1.807) is 13.1 Å². The summed E-state index contributed by atoms with van der Waals surface area (Å²) in [4.78, 5) is 30.7. The van der Waals surface area contributed by atoms with Gasteiger partial charge in [-0.15, -0.1) is 0 Å². The normalized spacial score (nSPS) is 20.3. The van der Waals surface area contributed by atoms with Crippen molar-refractivity contribution in [2.45, 2.75) is 38.4 Å². The first-order valence-corrected chi connectivity index (χ1v) is 11.5. The summed E-state index contributed by atoms with van der Waals surface area (Å²) in [6.45, 7) is 3.51. The van der Waals surface area contributed by atoms with Crippen LogP contribution < -0.4 is 16.2 Å². The molecule has 3 aromatic rings. The van der Waals surface area contributed by atoms with Gasteiger partial charge in [0.25, 0.3) is 5.56 Å². The highest BCUT2D eigenvalue weighted by molar-refractivity contribution is 5.89. The monoisotopic (exact) mass is 466 g/mol. The van der Waals surface area contributed by atoms with E-state index in [0.717, 1.165) is 34.7 Å². The molecule has 0 bridgehead atoms. The Morgan fingerprint density at radius 1 is 1.32 bits per heavy atom. The highest BCUT2D eigenvalue weighted by Crippen LogP contribution is 2.44. The zero-order valence-corrected chi connectivity index (χ0v) is 18.9. The molecule has 2 unspecified atom stereocenters. The van der Waals surface area contributed by atoms with Gasteiger partial charge in [0.2, 0.25) is 0 Å². The van der Waals surface area contributed by atoms with Crippen LogP contribution >= 0.6 is 0 Å². The van der Waals surface area contributed by atoms with Gasteiger partial charge in [-0.3, -0.25) is 14.2 Å². The molecule has 0 spiro atoms. The minimum atomic E-state index is -1.30. The largest absolute Gasteiger partial charge is 0.477 e. The van der Waals surface area contributed by atoms with Crippen LogP contribution in [0.4, 0.5) is 10.1 Å². The van der Waals surface area contributed by atoms with Gasteiger partial charge < -0.3 is 20.5 Å². The van der Waals surface area contributed by atoms with Crippen molar-refractivity contribution < 1.29 is 19.0 Å². The van der Waals surface area contributed by atoms with E-state index >= 15 is 4.39 Å². The quantitative estimate of drug-likeness (QED) is 0.551.